The van der Waals surface area contributed by atoms with Crippen molar-refractivity contribution in [3.8, 4) is 0 Å². The molecule has 0 saturated carbocycles. The Balaban J connectivity index is 1.49. The smallest absolute Gasteiger partial charge is 0.263 e. The molecule has 2 aromatic carbocycles. The molecule has 144 valence electrons. The first-order valence-electron chi connectivity index (χ1n) is 8.85. The third-order valence-corrected chi connectivity index (χ3v) is 5.70. The molecule has 28 heavy (non-hydrogen) atoms. The van der Waals surface area contributed by atoms with Gasteiger partial charge in [0.25, 0.3) is 5.91 Å². The number of rotatable bonds is 7. The van der Waals surface area contributed by atoms with Gasteiger partial charge in [-0.3, -0.25) is 9.59 Å². The van der Waals surface area contributed by atoms with Crippen molar-refractivity contribution in [1.82, 2.24) is 10.3 Å². The summed E-state index contributed by atoms with van der Waals surface area (Å²) in [5.41, 5.74) is 2.60. The number of nitrogens with one attached hydrogen (secondary N) is 2. The Hall–Kier alpha value is -2.51. The quantitative estimate of drug-likeness (QED) is 0.545. The van der Waals surface area contributed by atoms with Gasteiger partial charge in [0.1, 0.15) is 4.88 Å². The fourth-order valence-electron chi connectivity index (χ4n) is 2.64. The molecular formula is C21H20BrN3O2S. The summed E-state index contributed by atoms with van der Waals surface area (Å²) in [6, 6.07) is 17.4. The Morgan fingerprint density at radius 2 is 1.79 bits per heavy atom. The highest BCUT2D eigenvalue weighted by Gasteiger charge is 2.15. The zero-order valence-electron chi connectivity index (χ0n) is 15.4. The first-order valence-corrected chi connectivity index (χ1v) is 10.5. The van der Waals surface area contributed by atoms with Gasteiger partial charge in [-0.25, -0.2) is 4.98 Å². The molecule has 2 amide bonds. The number of anilines is 1. The van der Waals surface area contributed by atoms with E-state index >= 15 is 0 Å². The second-order valence-electron chi connectivity index (χ2n) is 6.25. The Labute approximate surface area is 176 Å². The van der Waals surface area contributed by atoms with Gasteiger partial charge >= 0.3 is 0 Å². The number of thiazole rings is 1. The Bertz CT molecular complexity index is 956. The maximum Gasteiger partial charge on any atom is 0.263 e. The zero-order chi connectivity index (χ0) is 19.9. The second kappa shape index (κ2) is 9.61. The molecule has 0 aliphatic carbocycles. The van der Waals surface area contributed by atoms with E-state index in [-0.39, 0.29) is 24.8 Å². The van der Waals surface area contributed by atoms with Crippen LogP contribution in [0.4, 0.5) is 5.69 Å². The molecule has 0 aliphatic heterocycles. The summed E-state index contributed by atoms with van der Waals surface area (Å²) in [6.45, 7) is 2.10. The van der Waals surface area contributed by atoms with E-state index in [0.29, 0.717) is 17.0 Å². The third kappa shape index (κ3) is 5.74. The molecule has 0 fully saturated rings. The average Bonchev–Trinajstić information content (AvgIpc) is 3.04. The molecule has 1 heterocycles. The molecule has 0 saturated heterocycles. The number of nitrogens with zero attached hydrogens (tertiary/aromatic N) is 1. The van der Waals surface area contributed by atoms with E-state index in [4.69, 9.17) is 0 Å². The van der Waals surface area contributed by atoms with E-state index in [1.54, 1.807) is 0 Å². The normalized spacial score (nSPS) is 10.5. The summed E-state index contributed by atoms with van der Waals surface area (Å²) < 4.78 is 0.948. The minimum Gasteiger partial charge on any atom is -0.351 e. The van der Waals surface area contributed by atoms with Crippen LogP contribution in [0.3, 0.4) is 0 Å². The SMILES string of the molecule is Cc1nc(Cc2ccccc2)sc1C(=O)NCCC(=O)Nc1ccc(Br)cc1. The molecular weight excluding hydrogens is 438 g/mol. The molecule has 3 aromatic rings. The first-order chi connectivity index (χ1) is 13.5. The molecule has 3 rings (SSSR count). The Morgan fingerprint density at radius 1 is 1.07 bits per heavy atom. The van der Waals surface area contributed by atoms with Crippen LogP contribution < -0.4 is 10.6 Å². The number of hydrogen-bond donors (Lipinski definition) is 2. The summed E-state index contributed by atoms with van der Waals surface area (Å²) in [5, 5.41) is 6.52. The maximum absolute atomic E-state index is 12.4. The van der Waals surface area contributed by atoms with Crippen LogP contribution in [0.25, 0.3) is 0 Å². The van der Waals surface area contributed by atoms with Crippen LogP contribution in [0, 0.1) is 6.92 Å². The largest absolute Gasteiger partial charge is 0.351 e. The molecule has 0 radical (unpaired) electrons. The molecule has 5 nitrogen and oxygen atoms in total. The number of benzene rings is 2. The summed E-state index contributed by atoms with van der Waals surface area (Å²) in [5.74, 6) is -0.334. The summed E-state index contributed by atoms with van der Waals surface area (Å²) in [6.07, 6.45) is 0.908. The topological polar surface area (TPSA) is 71.1 Å². The molecule has 0 bridgehead atoms. The van der Waals surface area contributed by atoms with E-state index < -0.39 is 0 Å². The van der Waals surface area contributed by atoms with E-state index in [0.717, 1.165) is 20.7 Å². The number of carbonyl (C=O) groups is 2. The monoisotopic (exact) mass is 457 g/mol. The molecule has 0 aliphatic rings. The zero-order valence-corrected chi connectivity index (χ0v) is 17.8. The van der Waals surface area contributed by atoms with Crippen molar-refractivity contribution in [2.75, 3.05) is 11.9 Å². The van der Waals surface area contributed by atoms with Crippen molar-refractivity contribution in [3.05, 3.63) is 80.2 Å². The lowest BCUT2D eigenvalue weighted by Gasteiger charge is -2.06. The van der Waals surface area contributed by atoms with Crippen molar-refractivity contribution in [1.29, 1.82) is 0 Å². The minimum atomic E-state index is -0.189. The van der Waals surface area contributed by atoms with Crippen molar-refractivity contribution in [2.45, 2.75) is 19.8 Å². The van der Waals surface area contributed by atoms with Gasteiger partial charge in [0.2, 0.25) is 5.91 Å². The Kier molecular flexibility index (Phi) is 6.95. The number of halogens is 1. The van der Waals surface area contributed by atoms with Gasteiger partial charge < -0.3 is 10.6 Å². The van der Waals surface area contributed by atoms with Crippen LogP contribution >= 0.6 is 27.3 Å². The van der Waals surface area contributed by atoms with Crippen molar-refractivity contribution in [2.24, 2.45) is 0 Å². The summed E-state index contributed by atoms with van der Waals surface area (Å²) in [7, 11) is 0. The molecule has 2 N–H and O–H groups in total. The fraction of sp³-hybridized carbons (Fsp3) is 0.190. The lowest BCUT2D eigenvalue weighted by atomic mass is 10.2. The highest BCUT2D eigenvalue weighted by Crippen LogP contribution is 2.21. The molecule has 0 atom stereocenters. The fourth-order valence-corrected chi connectivity index (χ4v) is 3.92. The second-order valence-corrected chi connectivity index (χ2v) is 8.24. The van der Waals surface area contributed by atoms with E-state index in [1.165, 1.54) is 11.3 Å². The number of amides is 2. The van der Waals surface area contributed by atoms with Crippen LogP contribution in [0.1, 0.15) is 32.4 Å². The van der Waals surface area contributed by atoms with E-state index in [9.17, 15) is 9.59 Å². The number of carbonyl (C=O) groups excluding carboxylic acids is 2. The van der Waals surface area contributed by atoms with Gasteiger partial charge in [-0.05, 0) is 36.8 Å². The predicted molar refractivity (Wildman–Crippen MR) is 116 cm³/mol. The van der Waals surface area contributed by atoms with Gasteiger partial charge in [-0.15, -0.1) is 11.3 Å². The minimum absolute atomic E-state index is 0.145. The molecule has 1 aromatic heterocycles. The molecule has 0 spiro atoms. The first kappa shape index (κ1) is 20.2. The summed E-state index contributed by atoms with van der Waals surface area (Å²) in [4.78, 5) is 29.5. The standard InChI is InChI=1S/C21H20BrN3O2S/c1-14-20(28-19(24-14)13-15-5-3-2-4-6-15)21(27)23-12-11-18(26)25-17-9-7-16(22)8-10-17/h2-10H,11-13H2,1H3,(H,23,27)(H,25,26). The van der Waals surface area contributed by atoms with Crippen LogP contribution in [0.5, 0.6) is 0 Å². The van der Waals surface area contributed by atoms with Gasteiger partial charge in [0, 0.05) is 29.5 Å². The summed E-state index contributed by atoms with van der Waals surface area (Å²) >= 11 is 4.75. The maximum atomic E-state index is 12.4. The van der Waals surface area contributed by atoms with Crippen molar-refractivity contribution < 1.29 is 9.59 Å². The Morgan fingerprint density at radius 3 is 2.50 bits per heavy atom. The van der Waals surface area contributed by atoms with Gasteiger partial charge in [0.05, 0.1) is 10.7 Å². The number of aryl methyl sites for hydroxylation is 1. The lowest BCUT2D eigenvalue weighted by Crippen LogP contribution is -2.27. The van der Waals surface area contributed by atoms with Crippen molar-refractivity contribution in [3.63, 3.8) is 0 Å². The van der Waals surface area contributed by atoms with Crippen LogP contribution in [-0.2, 0) is 11.2 Å². The van der Waals surface area contributed by atoms with Gasteiger partial charge in [-0.1, -0.05) is 46.3 Å². The molecule has 7 heteroatoms. The molecule has 0 unspecified atom stereocenters. The third-order valence-electron chi connectivity index (χ3n) is 4.01. The lowest BCUT2D eigenvalue weighted by molar-refractivity contribution is -0.116. The predicted octanol–water partition coefficient (Wildman–Crippen LogP) is 4.56. The van der Waals surface area contributed by atoms with E-state index in [1.807, 2.05) is 61.5 Å². The van der Waals surface area contributed by atoms with Gasteiger partial charge in [0.15, 0.2) is 0 Å². The van der Waals surface area contributed by atoms with Crippen LogP contribution in [0.15, 0.2) is 59.1 Å². The highest BCUT2D eigenvalue weighted by molar-refractivity contribution is 9.10. The number of hydrogen-bond acceptors (Lipinski definition) is 4. The van der Waals surface area contributed by atoms with Crippen LogP contribution in [0.2, 0.25) is 0 Å². The van der Waals surface area contributed by atoms with Crippen molar-refractivity contribution >= 4 is 44.8 Å². The van der Waals surface area contributed by atoms with Crippen LogP contribution in [-0.4, -0.2) is 23.3 Å². The highest BCUT2D eigenvalue weighted by atomic mass is 79.9. The van der Waals surface area contributed by atoms with Gasteiger partial charge in [-0.2, -0.15) is 0 Å². The average molecular weight is 458 g/mol. The number of aromatic nitrogens is 1. The van der Waals surface area contributed by atoms with E-state index in [2.05, 4.69) is 31.5 Å².